The number of nitrogens with zero attached hydrogens (tertiary/aromatic N) is 2. The number of aliphatic hydroxyl groups excluding tert-OH is 1. The molecule has 20 heavy (non-hydrogen) atoms. The molecule has 2 unspecified atom stereocenters. The zero-order chi connectivity index (χ0) is 14.9. The summed E-state index contributed by atoms with van der Waals surface area (Å²) >= 11 is 0. The minimum absolute atomic E-state index is 0.0931. The number of aliphatic hydroxyl groups is 1. The van der Waals surface area contributed by atoms with Gasteiger partial charge in [-0.2, -0.15) is 0 Å². The molecule has 0 aliphatic carbocycles. The summed E-state index contributed by atoms with van der Waals surface area (Å²) in [6, 6.07) is 5.74. The minimum Gasteiger partial charge on any atom is -0.389 e. The summed E-state index contributed by atoms with van der Waals surface area (Å²) in [7, 11) is 0. The lowest BCUT2D eigenvalue weighted by Gasteiger charge is -2.30. The number of benzene rings is 1. The van der Waals surface area contributed by atoms with Crippen molar-refractivity contribution in [2.24, 2.45) is 0 Å². The Hall–Kier alpha value is -1.62. The van der Waals surface area contributed by atoms with Gasteiger partial charge in [0.15, 0.2) is 0 Å². The van der Waals surface area contributed by atoms with Crippen LogP contribution in [0.1, 0.15) is 51.7 Å². The summed E-state index contributed by atoms with van der Waals surface area (Å²) in [5.41, 5.74) is 1.35. The molecule has 1 N–H and O–H groups in total. The van der Waals surface area contributed by atoms with E-state index in [1.165, 1.54) is 6.07 Å². The average molecular weight is 278 g/mol. The van der Waals surface area contributed by atoms with Gasteiger partial charge in [0, 0.05) is 18.2 Å². The van der Waals surface area contributed by atoms with Crippen LogP contribution >= 0.6 is 0 Å². The van der Waals surface area contributed by atoms with E-state index in [9.17, 15) is 15.2 Å². The van der Waals surface area contributed by atoms with Gasteiger partial charge < -0.3 is 10.0 Å². The smallest absolute Gasteiger partial charge is 0.292 e. The molecule has 0 radical (unpaired) electrons. The van der Waals surface area contributed by atoms with Crippen molar-refractivity contribution in [3.63, 3.8) is 0 Å². The summed E-state index contributed by atoms with van der Waals surface area (Å²) in [6.07, 6.45) is 2.43. The van der Waals surface area contributed by atoms with E-state index in [0.29, 0.717) is 23.3 Å². The highest BCUT2D eigenvalue weighted by atomic mass is 16.6. The molecule has 3 atom stereocenters. The van der Waals surface area contributed by atoms with Crippen LogP contribution in [-0.2, 0) is 0 Å². The quantitative estimate of drug-likeness (QED) is 0.677. The molecule has 1 heterocycles. The Morgan fingerprint density at radius 3 is 2.75 bits per heavy atom. The SMILES string of the molecule is CCC1CCC(C)N1c1ccc([C@H](C)O)cc1[N+](=O)[O-]. The Balaban J connectivity index is 2.47. The van der Waals surface area contributed by atoms with Gasteiger partial charge in [0.25, 0.3) is 5.69 Å². The van der Waals surface area contributed by atoms with Gasteiger partial charge in [0.05, 0.1) is 11.0 Å². The lowest BCUT2D eigenvalue weighted by atomic mass is 10.1. The molecule has 1 aromatic carbocycles. The predicted molar refractivity (Wildman–Crippen MR) is 79.0 cm³/mol. The van der Waals surface area contributed by atoms with Crippen LogP contribution in [0.2, 0.25) is 0 Å². The molecule has 0 saturated carbocycles. The van der Waals surface area contributed by atoms with Gasteiger partial charge in [0.1, 0.15) is 5.69 Å². The summed E-state index contributed by atoms with van der Waals surface area (Å²) in [6.45, 7) is 5.85. The average Bonchev–Trinajstić information content (AvgIpc) is 2.78. The molecule has 1 aliphatic rings. The first-order chi connectivity index (χ1) is 9.45. The number of nitro groups is 1. The van der Waals surface area contributed by atoms with Crippen LogP contribution in [0.4, 0.5) is 11.4 Å². The summed E-state index contributed by atoms with van der Waals surface area (Å²) in [4.78, 5) is 13.2. The van der Waals surface area contributed by atoms with Crippen molar-refractivity contribution in [2.45, 2.75) is 58.2 Å². The first kappa shape index (κ1) is 14.8. The second kappa shape index (κ2) is 5.79. The van der Waals surface area contributed by atoms with Gasteiger partial charge in [-0.1, -0.05) is 13.0 Å². The van der Waals surface area contributed by atoms with Crippen molar-refractivity contribution in [3.05, 3.63) is 33.9 Å². The standard InChI is InChI=1S/C15H22N2O3/c1-4-13-7-5-10(2)16(13)14-8-6-12(11(3)18)9-15(14)17(19)20/h6,8-11,13,18H,4-5,7H2,1-3H3/t10?,11-,13?/m0/s1. The van der Waals surface area contributed by atoms with Crippen LogP contribution in [0, 0.1) is 10.1 Å². The van der Waals surface area contributed by atoms with Gasteiger partial charge in [-0.25, -0.2) is 0 Å². The van der Waals surface area contributed by atoms with Crippen LogP contribution in [0.25, 0.3) is 0 Å². The van der Waals surface area contributed by atoms with E-state index in [0.717, 1.165) is 19.3 Å². The van der Waals surface area contributed by atoms with Crippen LogP contribution in [0.5, 0.6) is 0 Å². The highest BCUT2D eigenvalue weighted by Crippen LogP contribution is 2.38. The van der Waals surface area contributed by atoms with Crippen molar-refractivity contribution in [1.82, 2.24) is 0 Å². The Kier molecular flexibility index (Phi) is 4.28. The molecule has 0 aromatic heterocycles. The molecule has 1 fully saturated rings. The van der Waals surface area contributed by atoms with Crippen molar-refractivity contribution in [1.29, 1.82) is 0 Å². The molecular formula is C15H22N2O3. The molecule has 2 rings (SSSR count). The monoisotopic (exact) mass is 278 g/mol. The van der Waals surface area contributed by atoms with E-state index in [1.54, 1.807) is 19.1 Å². The second-order valence-electron chi connectivity index (χ2n) is 5.58. The van der Waals surface area contributed by atoms with Crippen molar-refractivity contribution >= 4 is 11.4 Å². The third kappa shape index (κ3) is 2.63. The topological polar surface area (TPSA) is 66.6 Å². The van der Waals surface area contributed by atoms with E-state index in [2.05, 4.69) is 18.7 Å². The second-order valence-corrected chi connectivity index (χ2v) is 5.58. The van der Waals surface area contributed by atoms with E-state index < -0.39 is 6.10 Å². The van der Waals surface area contributed by atoms with Crippen LogP contribution in [0.15, 0.2) is 18.2 Å². The van der Waals surface area contributed by atoms with Gasteiger partial charge in [0.2, 0.25) is 0 Å². The Morgan fingerprint density at radius 1 is 1.50 bits per heavy atom. The van der Waals surface area contributed by atoms with Crippen LogP contribution < -0.4 is 4.90 Å². The largest absolute Gasteiger partial charge is 0.389 e. The normalized spacial score (nSPS) is 23.9. The molecule has 110 valence electrons. The first-order valence-electron chi connectivity index (χ1n) is 7.20. The third-order valence-electron chi connectivity index (χ3n) is 4.21. The van der Waals surface area contributed by atoms with Gasteiger partial charge in [-0.3, -0.25) is 10.1 Å². The number of nitro benzene ring substituents is 1. The van der Waals surface area contributed by atoms with E-state index in [4.69, 9.17) is 0 Å². The highest BCUT2D eigenvalue weighted by molar-refractivity contribution is 5.66. The molecule has 5 heteroatoms. The van der Waals surface area contributed by atoms with Crippen LogP contribution in [0.3, 0.4) is 0 Å². The maximum absolute atomic E-state index is 11.4. The minimum atomic E-state index is -0.694. The molecule has 0 amide bonds. The van der Waals surface area contributed by atoms with Gasteiger partial charge >= 0.3 is 0 Å². The zero-order valence-electron chi connectivity index (χ0n) is 12.2. The Morgan fingerprint density at radius 2 is 2.20 bits per heavy atom. The molecular weight excluding hydrogens is 256 g/mol. The third-order valence-corrected chi connectivity index (χ3v) is 4.21. The highest BCUT2D eigenvalue weighted by Gasteiger charge is 2.33. The Bertz CT molecular complexity index is 502. The number of rotatable bonds is 4. The Labute approximate surface area is 119 Å². The van der Waals surface area contributed by atoms with Gasteiger partial charge in [-0.05, 0) is 44.7 Å². The van der Waals surface area contributed by atoms with Crippen molar-refractivity contribution < 1.29 is 10.0 Å². The fourth-order valence-corrected chi connectivity index (χ4v) is 3.07. The lowest BCUT2D eigenvalue weighted by Crippen LogP contribution is -2.34. The maximum atomic E-state index is 11.4. The lowest BCUT2D eigenvalue weighted by molar-refractivity contribution is -0.384. The number of anilines is 1. The van der Waals surface area contributed by atoms with Crippen molar-refractivity contribution in [3.8, 4) is 0 Å². The molecule has 1 saturated heterocycles. The molecule has 1 aromatic rings. The summed E-state index contributed by atoms with van der Waals surface area (Å²) in [5.74, 6) is 0. The zero-order valence-corrected chi connectivity index (χ0v) is 12.2. The van der Waals surface area contributed by atoms with E-state index in [1.807, 2.05) is 0 Å². The fraction of sp³-hybridized carbons (Fsp3) is 0.600. The van der Waals surface area contributed by atoms with E-state index >= 15 is 0 Å². The van der Waals surface area contributed by atoms with Crippen molar-refractivity contribution in [2.75, 3.05) is 4.90 Å². The molecule has 0 spiro atoms. The maximum Gasteiger partial charge on any atom is 0.292 e. The first-order valence-corrected chi connectivity index (χ1v) is 7.20. The predicted octanol–water partition coefficient (Wildman–Crippen LogP) is 3.42. The van der Waals surface area contributed by atoms with Crippen LogP contribution in [-0.4, -0.2) is 22.1 Å². The molecule has 0 bridgehead atoms. The number of hydrogen-bond donors (Lipinski definition) is 1. The van der Waals surface area contributed by atoms with Gasteiger partial charge in [-0.15, -0.1) is 0 Å². The summed E-state index contributed by atoms with van der Waals surface area (Å²) in [5, 5.41) is 21.0. The summed E-state index contributed by atoms with van der Waals surface area (Å²) < 4.78 is 0. The van der Waals surface area contributed by atoms with E-state index in [-0.39, 0.29) is 10.6 Å². The fourth-order valence-electron chi connectivity index (χ4n) is 3.07. The number of hydrogen-bond acceptors (Lipinski definition) is 4. The molecule has 5 nitrogen and oxygen atoms in total. The molecule has 1 aliphatic heterocycles.